The van der Waals surface area contributed by atoms with Crippen LogP contribution in [0.2, 0.25) is 0 Å². The number of ether oxygens (including phenoxy) is 1. The van der Waals surface area contributed by atoms with Gasteiger partial charge in [0.05, 0.1) is 18.1 Å². The molecule has 5 heteroatoms. The first-order valence-corrected chi connectivity index (χ1v) is 6.01. The van der Waals surface area contributed by atoms with E-state index in [1.54, 1.807) is 25.7 Å². The first kappa shape index (κ1) is 11.6. The summed E-state index contributed by atoms with van der Waals surface area (Å²) in [6, 6.07) is 5.89. The van der Waals surface area contributed by atoms with Gasteiger partial charge in [0.2, 0.25) is 11.8 Å². The lowest BCUT2D eigenvalue weighted by Crippen LogP contribution is -2.01. The summed E-state index contributed by atoms with van der Waals surface area (Å²) in [5, 5.41) is 0. The summed E-state index contributed by atoms with van der Waals surface area (Å²) in [5.74, 6) is 1.10. The summed E-state index contributed by atoms with van der Waals surface area (Å²) in [6.45, 7) is 4.16. The van der Waals surface area contributed by atoms with Crippen LogP contribution in [0.15, 0.2) is 30.7 Å². The van der Waals surface area contributed by atoms with Crippen LogP contribution in [0.1, 0.15) is 11.1 Å². The maximum absolute atomic E-state index is 5.12. The topological polar surface area (TPSA) is 52.8 Å². The SMILES string of the molecule is COc1ccnc(-n2cnc3cc(C)c(C)cc32)n1. The lowest BCUT2D eigenvalue weighted by Gasteiger charge is -2.05. The molecule has 0 aliphatic rings. The van der Waals surface area contributed by atoms with Crippen LogP contribution < -0.4 is 4.74 Å². The molecule has 0 N–H and O–H groups in total. The summed E-state index contributed by atoms with van der Waals surface area (Å²) in [7, 11) is 1.59. The maximum atomic E-state index is 5.12. The number of hydrogen-bond donors (Lipinski definition) is 0. The van der Waals surface area contributed by atoms with Crippen LogP contribution in [-0.2, 0) is 0 Å². The van der Waals surface area contributed by atoms with E-state index in [2.05, 4.69) is 40.9 Å². The number of fused-ring (bicyclic) bond motifs is 1. The van der Waals surface area contributed by atoms with E-state index in [1.165, 1.54) is 11.1 Å². The highest BCUT2D eigenvalue weighted by Crippen LogP contribution is 2.20. The Morgan fingerprint density at radius 3 is 2.68 bits per heavy atom. The van der Waals surface area contributed by atoms with Crippen molar-refractivity contribution >= 4 is 11.0 Å². The molecule has 2 heterocycles. The van der Waals surface area contributed by atoms with E-state index in [0.29, 0.717) is 11.8 Å². The number of nitrogens with zero attached hydrogens (tertiary/aromatic N) is 4. The van der Waals surface area contributed by atoms with Crippen LogP contribution in [0.25, 0.3) is 17.0 Å². The highest BCUT2D eigenvalue weighted by Gasteiger charge is 2.09. The van der Waals surface area contributed by atoms with Gasteiger partial charge in [-0.3, -0.25) is 4.57 Å². The molecule has 0 radical (unpaired) electrons. The Hall–Kier alpha value is -2.43. The minimum absolute atomic E-state index is 0.538. The van der Waals surface area contributed by atoms with Gasteiger partial charge in [0.1, 0.15) is 6.33 Å². The second-order valence-electron chi connectivity index (χ2n) is 4.44. The minimum Gasteiger partial charge on any atom is -0.481 e. The molecule has 0 unspecified atom stereocenters. The molecule has 0 saturated heterocycles. The number of imidazole rings is 1. The van der Waals surface area contributed by atoms with Crippen LogP contribution in [0.3, 0.4) is 0 Å². The van der Waals surface area contributed by atoms with Crippen molar-refractivity contribution in [3.8, 4) is 11.8 Å². The fraction of sp³-hybridized carbons (Fsp3) is 0.214. The normalized spacial score (nSPS) is 10.9. The number of benzene rings is 1. The Balaban J connectivity index is 2.22. The van der Waals surface area contributed by atoms with Crippen LogP contribution in [-0.4, -0.2) is 26.6 Å². The molecule has 0 fully saturated rings. The molecule has 2 aromatic heterocycles. The summed E-state index contributed by atoms with van der Waals surface area (Å²) in [4.78, 5) is 13.0. The molecule has 0 aliphatic carbocycles. The van der Waals surface area contributed by atoms with Crippen molar-refractivity contribution in [3.63, 3.8) is 0 Å². The van der Waals surface area contributed by atoms with Gasteiger partial charge in [-0.25, -0.2) is 9.97 Å². The second kappa shape index (κ2) is 4.35. The van der Waals surface area contributed by atoms with Gasteiger partial charge in [0.25, 0.3) is 0 Å². The van der Waals surface area contributed by atoms with Crippen LogP contribution in [0, 0.1) is 13.8 Å². The van der Waals surface area contributed by atoms with Gasteiger partial charge in [0, 0.05) is 12.3 Å². The number of hydrogen-bond acceptors (Lipinski definition) is 4. The van der Waals surface area contributed by atoms with Crippen LogP contribution >= 0.6 is 0 Å². The predicted octanol–water partition coefficient (Wildman–Crippen LogP) is 2.44. The van der Waals surface area contributed by atoms with Gasteiger partial charge in [-0.15, -0.1) is 0 Å². The number of rotatable bonds is 2. The minimum atomic E-state index is 0.538. The van der Waals surface area contributed by atoms with E-state index < -0.39 is 0 Å². The van der Waals surface area contributed by atoms with Gasteiger partial charge in [-0.2, -0.15) is 4.98 Å². The molecule has 96 valence electrons. The lowest BCUT2D eigenvalue weighted by molar-refractivity contribution is 0.396. The standard InChI is InChI=1S/C14H14N4O/c1-9-6-11-12(7-10(9)2)18(8-16-11)14-15-5-4-13(17-14)19-3/h4-8H,1-3H3. The zero-order valence-corrected chi connectivity index (χ0v) is 11.1. The van der Waals surface area contributed by atoms with Crippen molar-refractivity contribution < 1.29 is 4.74 Å². The van der Waals surface area contributed by atoms with Crippen molar-refractivity contribution in [1.29, 1.82) is 0 Å². The van der Waals surface area contributed by atoms with Crippen molar-refractivity contribution in [1.82, 2.24) is 19.5 Å². The van der Waals surface area contributed by atoms with E-state index in [9.17, 15) is 0 Å². The molecular formula is C14H14N4O. The molecule has 0 spiro atoms. The Bertz CT molecular complexity index is 748. The first-order chi connectivity index (χ1) is 9.19. The number of methoxy groups -OCH3 is 1. The van der Waals surface area contributed by atoms with E-state index >= 15 is 0 Å². The summed E-state index contributed by atoms with van der Waals surface area (Å²) >= 11 is 0. The van der Waals surface area contributed by atoms with E-state index in [1.807, 2.05) is 4.57 Å². The van der Waals surface area contributed by atoms with Gasteiger partial charge in [-0.05, 0) is 37.1 Å². The second-order valence-corrected chi connectivity index (χ2v) is 4.44. The van der Waals surface area contributed by atoms with Crippen molar-refractivity contribution in [3.05, 3.63) is 41.9 Å². The Morgan fingerprint density at radius 2 is 1.89 bits per heavy atom. The molecular weight excluding hydrogens is 240 g/mol. The molecule has 0 aliphatic heterocycles. The van der Waals surface area contributed by atoms with Gasteiger partial charge < -0.3 is 4.74 Å². The highest BCUT2D eigenvalue weighted by molar-refractivity contribution is 5.78. The average Bonchev–Trinajstić information content (AvgIpc) is 2.82. The van der Waals surface area contributed by atoms with Gasteiger partial charge in [-0.1, -0.05) is 0 Å². The molecule has 0 saturated carbocycles. The van der Waals surface area contributed by atoms with E-state index in [-0.39, 0.29) is 0 Å². The molecule has 0 amide bonds. The molecule has 5 nitrogen and oxygen atoms in total. The average molecular weight is 254 g/mol. The predicted molar refractivity (Wildman–Crippen MR) is 72.7 cm³/mol. The van der Waals surface area contributed by atoms with Crippen LogP contribution in [0.4, 0.5) is 0 Å². The summed E-state index contributed by atoms with van der Waals surface area (Å²) in [5.41, 5.74) is 4.38. The third kappa shape index (κ3) is 1.93. The van der Waals surface area contributed by atoms with Crippen molar-refractivity contribution in [2.45, 2.75) is 13.8 Å². The third-order valence-corrected chi connectivity index (χ3v) is 3.20. The number of aryl methyl sites for hydroxylation is 2. The quantitative estimate of drug-likeness (QED) is 0.705. The Kier molecular flexibility index (Phi) is 2.67. The summed E-state index contributed by atoms with van der Waals surface area (Å²) in [6.07, 6.45) is 3.41. The van der Waals surface area contributed by atoms with Crippen molar-refractivity contribution in [2.24, 2.45) is 0 Å². The van der Waals surface area contributed by atoms with E-state index in [0.717, 1.165) is 11.0 Å². The van der Waals surface area contributed by atoms with E-state index in [4.69, 9.17) is 4.74 Å². The maximum Gasteiger partial charge on any atom is 0.238 e. The largest absolute Gasteiger partial charge is 0.481 e. The fourth-order valence-corrected chi connectivity index (χ4v) is 1.99. The van der Waals surface area contributed by atoms with Gasteiger partial charge >= 0.3 is 0 Å². The fourth-order valence-electron chi connectivity index (χ4n) is 1.99. The first-order valence-electron chi connectivity index (χ1n) is 6.01. The third-order valence-electron chi connectivity index (χ3n) is 3.20. The molecule has 1 aromatic carbocycles. The zero-order valence-electron chi connectivity index (χ0n) is 11.1. The number of aromatic nitrogens is 4. The zero-order chi connectivity index (χ0) is 13.4. The lowest BCUT2D eigenvalue weighted by atomic mass is 10.1. The van der Waals surface area contributed by atoms with Crippen molar-refractivity contribution in [2.75, 3.05) is 7.11 Å². The Morgan fingerprint density at radius 1 is 1.11 bits per heavy atom. The molecule has 0 atom stereocenters. The summed E-state index contributed by atoms with van der Waals surface area (Å²) < 4.78 is 6.99. The molecule has 0 bridgehead atoms. The molecule has 3 rings (SSSR count). The molecule has 3 aromatic rings. The molecule has 19 heavy (non-hydrogen) atoms. The highest BCUT2D eigenvalue weighted by atomic mass is 16.5. The van der Waals surface area contributed by atoms with Crippen LogP contribution in [0.5, 0.6) is 5.88 Å². The monoisotopic (exact) mass is 254 g/mol. The Labute approximate surface area is 110 Å². The van der Waals surface area contributed by atoms with Gasteiger partial charge in [0.15, 0.2) is 0 Å². The smallest absolute Gasteiger partial charge is 0.238 e.